The van der Waals surface area contributed by atoms with Gasteiger partial charge in [0.25, 0.3) is 0 Å². The minimum Gasteiger partial charge on any atom is -0.379 e. The van der Waals surface area contributed by atoms with Crippen LogP contribution in [0.15, 0.2) is 48.7 Å². The first-order valence-electron chi connectivity index (χ1n) is 9.68. The monoisotopic (exact) mass is 384 g/mol. The molecule has 0 bridgehead atoms. The van der Waals surface area contributed by atoms with E-state index in [-0.39, 0.29) is 6.04 Å². The van der Waals surface area contributed by atoms with E-state index in [2.05, 4.69) is 15.5 Å². The predicted octanol–water partition coefficient (Wildman–Crippen LogP) is 0.874. The summed E-state index contributed by atoms with van der Waals surface area (Å²) in [4.78, 5) is 26.7. The lowest BCUT2D eigenvalue weighted by molar-refractivity contribution is -0.139. The Hall–Kier alpha value is -2.64. The number of nitrogens with zero attached hydrogens (tertiary/aromatic N) is 2. The summed E-state index contributed by atoms with van der Waals surface area (Å²) < 4.78 is 7.49. The molecule has 2 aromatic rings. The number of carbonyl (C=O) groups is 2. The molecule has 1 unspecified atom stereocenters. The van der Waals surface area contributed by atoms with Gasteiger partial charge in [0.05, 0.1) is 19.3 Å². The smallest absolute Gasteiger partial charge is 0.309 e. The molecule has 2 N–H and O–H groups in total. The van der Waals surface area contributed by atoms with Gasteiger partial charge in [-0.15, -0.1) is 0 Å². The van der Waals surface area contributed by atoms with Crippen LogP contribution in [0.1, 0.15) is 17.3 Å². The predicted molar refractivity (Wildman–Crippen MR) is 107 cm³/mol. The summed E-state index contributed by atoms with van der Waals surface area (Å²) in [5, 5.41) is 5.49. The van der Waals surface area contributed by atoms with E-state index in [0.29, 0.717) is 32.7 Å². The van der Waals surface area contributed by atoms with Crippen LogP contribution in [0.3, 0.4) is 0 Å². The maximum Gasteiger partial charge on any atom is 0.309 e. The zero-order valence-electron chi connectivity index (χ0n) is 16.3. The molecule has 1 fully saturated rings. The van der Waals surface area contributed by atoms with Crippen molar-refractivity contribution in [2.24, 2.45) is 7.05 Å². The van der Waals surface area contributed by atoms with E-state index < -0.39 is 11.8 Å². The molecule has 0 spiro atoms. The summed E-state index contributed by atoms with van der Waals surface area (Å²) in [5.74, 6) is -1.19. The number of morpholine rings is 1. The van der Waals surface area contributed by atoms with Crippen molar-refractivity contribution in [3.8, 4) is 0 Å². The molecule has 1 saturated heterocycles. The highest BCUT2D eigenvalue weighted by atomic mass is 16.5. The zero-order chi connectivity index (χ0) is 19.8. The minimum absolute atomic E-state index is 0.00460. The molecule has 7 heteroatoms. The molecule has 2 amide bonds. The third-order valence-corrected chi connectivity index (χ3v) is 5.02. The van der Waals surface area contributed by atoms with Gasteiger partial charge in [-0.2, -0.15) is 0 Å². The van der Waals surface area contributed by atoms with E-state index in [4.69, 9.17) is 4.74 Å². The van der Waals surface area contributed by atoms with E-state index in [1.165, 1.54) is 0 Å². The third kappa shape index (κ3) is 5.43. The average molecular weight is 384 g/mol. The van der Waals surface area contributed by atoms with Crippen LogP contribution in [0.2, 0.25) is 0 Å². The summed E-state index contributed by atoms with van der Waals surface area (Å²) in [7, 11) is 1.99. The summed E-state index contributed by atoms with van der Waals surface area (Å²) >= 11 is 0. The Morgan fingerprint density at radius 1 is 1.04 bits per heavy atom. The van der Waals surface area contributed by atoms with Crippen LogP contribution >= 0.6 is 0 Å². The second-order valence-corrected chi connectivity index (χ2v) is 6.91. The number of ether oxygens (including phenoxy) is 1. The van der Waals surface area contributed by atoms with Gasteiger partial charge in [0.1, 0.15) is 0 Å². The summed E-state index contributed by atoms with van der Waals surface area (Å²) in [6, 6.07) is 13.9. The number of benzene rings is 1. The van der Waals surface area contributed by atoms with Crippen LogP contribution in [0.4, 0.5) is 0 Å². The Balaban J connectivity index is 1.51. The fourth-order valence-corrected chi connectivity index (χ4v) is 3.45. The van der Waals surface area contributed by atoms with Crippen molar-refractivity contribution < 1.29 is 14.3 Å². The summed E-state index contributed by atoms with van der Waals surface area (Å²) in [6.45, 7) is 3.76. The molecule has 1 aromatic carbocycles. The van der Waals surface area contributed by atoms with Gasteiger partial charge in [-0.25, -0.2) is 0 Å². The van der Waals surface area contributed by atoms with Crippen LogP contribution in [0.5, 0.6) is 0 Å². The normalized spacial score (nSPS) is 15.8. The van der Waals surface area contributed by atoms with Crippen LogP contribution in [-0.2, 0) is 27.8 Å². The lowest BCUT2D eigenvalue weighted by Gasteiger charge is -2.34. The van der Waals surface area contributed by atoms with Crippen molar-refractivity contribution in [3.05, 3.63) is 59.9 Å². The highest BCUT2D eigenvalue weighted by Gasteiger charge is 2.25. The molecule has 150 valence electrons. The third-order valence-electron chi connectivity index (χ3n) is 5.02. The number of rotatable bonds is 7. The van der Waals surface area contributed by atoms with Gasteiger partial charge in [-0.05, 0) is 24.1 Å². The Bertz CT molecular complexity index is 769. The van der Waals surface area contributed by atoms with Gasteiger partial charge in [0.2, 0.25) is 0 Å². The average Bonchev–Trinajstić information content (AvgIpc) is 3.15. The molecule has 2 heterocycles. The van der Waals surface area contributed by atoms with Crippen molar-refractivity contribution >= 4 is 11.8 Å². The first-order valence-corrected chi connectivity index (χ1v) is 9.68. The molecule has 0 saturated carbocycles. The maximum absolute atomic E-state index is 12.3. The number of amides is 2. The molecule has 1 aliphatic rings. The van der Waals surface area contributed by atoms with Crippen LogP contribution in [0, 0.1) is 0 Å². The summed E-state index contributed by atoms with van der Waals surface area (Å²) in [5.41, 5.74) is 2.23. The summed E-state index contributed by atoms with van der Waals surface area (Å²) in [6.07, 6.45) is 2.68. The molecular formula is C21H28N4O3. The molecule has 3 rings (SSSR count). The molecule has 1 aliphatic heterocycles. The van der Waals surface area contributed by atoms with Gasteiger partial charge in [-0.1, -0.05) is 30.3 Å². The quantitative estimate of drug-likeness (QED) is 0.695. The molecule has 0 radical (unpaired) electrons. The minimum atomic E-state index is -0.597. The Morgan fingerprint density at radius 3 is 2.43 bits per heavy atom. The first-order chi connectivity index (χ1) is 13.6. The zero-order valence-corrected chi connectivity index (χ0v) is 16.3. The van der Waals surface area contributed by atoms with E-state index >= 15 is 0 Å². The Kier molecular flexibility index (Phi) is 7.22. The SMILES string of the molecule is Cn1cccc1C(CNC(=O)C(=O)NCCc1ccccc1)N1CCOCC1. The van der Waals surface area contributed by atoms with Gasteiger partial charge in [0, 0.05) is 45.1 Å². The fourth-order valence-electron chi connectivity index (χ4n) is 3.45. The second-order valence-electron chi connectivity index (χ2n) is 6.91. The second kappa shape index (κ2) is 10.1. The molecule has 0 aliphatic carbocycles. The van der Waals surface area contributed by atoms with Crippen molar-refractivity contribution in [2.75, 3.05) is 39.4 Å². The number of hydrogen-bond acceptors (Lipinski definition) is 4. The topological polar surface area (TPSA) is 75.6 Å². The van der Waals surface area contributed by atoms with Gasteiger partial charge in [-0.3, -0.25) is 14.5 Å². The molecule has 1 aromatic heterocycles. The first kappa shape index (κ1) is 20.1. The van der Waals surface area contributed by atoms with E-state index in [1.807, 2.05) is 60.3 Å². The molecular weight excluding hydrogens is 356 g/mol. The van der Waals surface area contributed by atoms with E-state index in [0.717, 1.165) is 24.3 Å². The lowest BCUT2D eigenvalue weighted by Crippen LogP contribution is -2.47. The molecule has 7 nitrogen and oxygen atoms in total. The highest BCUT2D eigenvalue weighted by Crippen LogP contribution is 2.21. The van der Waals surface area contributed by atoms with Crippen LogP contribution in [0.25, 0.3) is 0 Å². The van der Waals surface area contributed by atoms with Crippen molar-refractivity contribution in [3.63, 3.8) is 0 Å². The molecule has 1 atom stereocenters. The lowest BCUT2D eigenvalue weighted by atomic mass is 10.1. The standard InChI is InChI=1S/C21H28N4O3/c1-24-11-5-8-18(24)19(25-12-14-28-15-13-25)16-23-21(27)20(26)22-10-9-17-6-3-2-4-7-17/h2-8,11,19H,9-10,12-16H2,1H3,(H,22,26)(H,23,27). The highest BCUT2D eigenvalue weighted by molar-refractivity contribution is 6.35. The van der Waals surface area contributed by atoms with Gasteiger partial charge in [0.15, 0.2) is 0 Å². The number of nitrogens with one attached hydrogen (secondary N) is 2. The number of hydrogen-bond donors (Lipinski definition) is 2. The maximum atomic E-state index is 12.3. The Morgan fingerprint density at radius 2 is 1.75 bits per heavy atom. The fraction of sp³-hybridized carbons (Fsp3) is 0.429. The van der Waals surface area contributed by atoms with Crippen molar-refractivity contribution in [2.45, 2.75) is 12.5 Å². The number of aryl methyl sites for hydroxylation is 1. The number of aromatic nitrogens is 1. The van der Waals surface area contributed by atoms with Gasteiger partial charge >= 0.3 is 11.8 Å². The number of carbonyl (C=O) groups excluding carboxylic acids is 2. The Labute approximate surface area is 165 Å². The molecule has 28 heavy (non-hydrogen) atoms. The van der Waals surface area contributed by atoms with Crippen LogP contribution < -0.4 is 10.6 Å². The van der Waals surface area contributed by atoms with E-state index in [1.54, 1.807) is 0 Å². The van der Waals surface area contributed by atoms with Crippen molar-refractivity contribution in [1.29, 1.82) is 0 Å². The van der Waals surface area contributed by atoms with E-state index in [9.17, 15) is 9.59 Å². The van der Waals surface area contributed by atoms with Crippen molar-refractivity contribution in [1.82, 2.24) is 20.1 Å². The van der Waals surface area contributed by atoms with Crippen LogP contribution in [-0.4, -0.2) is 60.7 Å². The largest absolute Gasteiger partial charge is 0.379 e. The van der Waals surface area contributed by atoms with Gasteiger partial charge < -0.3 is 19.9 Å².